The predicted molar refractivity (Wildman–Crippen MR) is 136 cm³/mol. The topological polar surface area (TPSA) is 156 Å². The maximum absolute atomic E-state index is 12.5. The van der Waals surface area contributed by atoms with Gasteiger partial charge in [-0.1, -0.05) is 12.1 Å². The van der Waals surface area contributed by atoms with Gasteiger partial charge in [-0.05, 0) is 63.2 Å². The molecule has 0 aliphatic heterocycles. The number of benzene rings is 2. The van der Waals surface area contributed by atoms with E-state index in [1.807, 2.05) is 13.8 Å². The van der Waals surface area contributed by atoms with Gasteiger partial charge < -0.3 is 15.0 Å². The fourth-order valence-electron chi connectivity index (χ4n) is 3.22. The summed E-state index contributed by atoms with van der Waals surface area (Å²) in [5, 5.41) is 2.60. The smallest absolute Gasteiger partial charge is 0.338 e. The molecule has 0 radical (unpaired) electrons. The van der Waals surface area contributed by atoms with Gasteiger partial charge in [0.25, 0.3) is 15.9 Å². The van der Waals surface area contributed by atoms with E-state index in [4.69, 9.17) is 4.74 Å². The molecule has 2 aromatic heterocycles. The van der Waals surface area contributed by atoms with Crippen LogP contribution in [0.5, 0.6) is 0 Å². The number of anilines is 2. The lowest BCUT2D eigenvalue weighted by molar-refractivity contribution is -0.123. The number of sulfonamides is 1. The zero-order chi connectivity index (χ0) is 26.6. The number of hydrogen-bond donors (Lipinski definition) is 3. The van der Waals surface area contributed by atoms with Crippen molar-refractivity contribution in [2.24, 2.45) is 0 Å². The highest BCUT2D eigenvalue weighted by atomic mass is 32.2. The Morgan fingerprint density at radius 3 is 2.22 bits per heavy atom. The summed E-state index contributed by atoms with van der Waals surface area (Å²) in [4.78, 5) is 40.3. The first kappa shape index (κ1) is 25.5. The lowest BCUT2D eigenvalue weighted by Crippen LogP contribution is -2.30. The van der Waals surface area contributed by atoms with E-state index in [9.17, 15) is 18.0 Å². The number of aromatic amines is 1. The largest absolute Gasteiger partial charge is 0.449 e. The second kappa shape index (κ2) is 10.6. The Labute approximate surface area is 213 Å². The Morgan fingerprint density at radius 2 is 1.62 bits per heavy atom. The van der Waals surface area contributed by atoms with Crippen molar-refractivity contribution in [1.82, 2.24) is 19.9 Å². The Kier molecular flexibility index (Phi) is 7.30. The fourth-order valence-corrected chi connectivity index (χ4v) is 4.18. The van der Waals surface area contributed by atoms with Crippen LogP contribution >= 0.6 is 0 Å². The molecule has 0 saturated carbocycles. The quantitative estimate of drug-likeness (QED) is 0.298. The van der Waals surface area contributed by atoms with Crippen molar-refractivity contribution in [2.75, 3.05) is 10.0 Å². The number of imidazole rings is 1. The van der Waals surface area contributed by atoms with Crippen molar-refractivity contribution < 1.29 is 22.7 Å². The molecular formula is C25H24N6O5S. The minimum absolute atomic E-state index is 0.0410. The zero-order valence-corrected chi connectivity index (χ0v) is 21.0. The number of carbonyl (C=O) groups is 2. The lowest BCUT2D eigenvalue weighted by Gasteiger charge is -2.14. The van der Waals surface area contributed by atoms with E-state index in [1.54, 1.807) is 30.3 Å². The van der Waals surface area contributed by atoms with Crippen LogP contribution in [0.25, 0.3) is 11.4 Å². The number of nitrogens with one attached hydrogen (secondary N) is 3. The summed E-state index contributed by atoms with van der Waals surface area (Å²) in [6, 6.07) is 13.7. The van der Waals surface area contributed by atoms with E-state index >= 15 is 0 Å². The summed E-state index contributed by atoms with van der Waals surface area (Å²) in [5.41, 5.74) is 3.29. The molecule has 4 rings (SSSR count). The van der Waals surface area contributed by atoms with Gasteiger partial charge in [-0.3, -0.25) is 4.79 Å². The highest BCUT2D eigenvalue weighted by molar-refractivity contribution is 7.92. The number of ether oxygens (including phenoxy) is 1. The summed E-state index contributed by atoms with van der Waals surface area (Å²) in [7, 11) is -3.91. The SMILES string of the molecule is Cc1nc(-c2ccc(C(=O)OC(C)C(=O)Nc3ccc(S(=O)(=O)Nc4ncccn4)cc3)cc2)[nH]c1C. The maximum Gasteiger partial charge on any atom is 0.338 e. The Balaban J connectivity index is 1.34. The summed E-state index contributed by atoms with van der Waals surface area (Å²) in [6.07, 6.45) is 1.73. The molecule has 11 nitrogen and oxygen atoms in total. The van der Waals surface area contributed by atoms with Gasteiger partial charge in [0.2, 0.25) is 5.95 Å². The van der Waals surface area contributed by atoms with E-state index in [1.165, 1.54) is 43.6 Å². The van der Waals surface area contributed by atoms with Gasteiger partial charge in [0.15, 0.2) is 6.10 Å². The van der Waals surface area contributed by atoms with Gasteiger partial charge in [-0.15, -0.1) is 0 Å². The average molecular weight is 521 g/mol. The molecule has 0 bridgehead atoms. The second-order valence-electron chi connectivity index (χ2n) is 8.11. The number of aryl methyl sites for hydroxylation is 2. The van der Waals surface area contributed by atoms with Crippen molar-refractivity contribution >= 4 is 33.5 Å². The molecule has 0 aliphatic rings. The Morgan fingerprint density at radius 1 is 0.973 bits per heavy atom. The van der Waals surface area contributed by atoms with Gasteiger partial charge in [0.05, 0.1) is 16.2 Å². The van der Waals surface area contributed by atoms with Crippen molar-refractivity contribution in [2.45, 2.75) is 31.8 Å². The molecule has 1 amide bonds. The molecule has 0 spiro atoms. The number of hydrogen-bond acceptors (Lipinski definition) is 8. The summed E-state index contributed by atoms with van der Waals surface area (Å²) in [5.74, 6) is -0.587. The molecular weight excluding hydrogens is 496 g/mol. The lowest BCUT2D eigenvalue weighted by atomic mass is 10.1. The van der Waals surface area contributed by atoms with Gasteiger partial charge in [-0.2, -0.15) is 0 Å². The number of carbonyl (C=O) groups excluding carboxylic acids is 2. The van der Waals surface area contributed by atoms with Gasteiger partial charge in [-0.25, -0.2) is 32.9 Å². The van der Waals surface area contributed by atoms with Crippen molar-refractivity contribution in [3.63, 3.8) is 0 Å². The molecule has 190 valence electrons. The number of amides is 1. The molecule has 37 heavy (non-hydrogen) atoms. The zero-order valence-electron chi connectivity index (χ0n) is 20.2. The highest BCUT2D eigenvalue weighted by Crippen LogP contribution is 2.20. The minimum Gasteiger partial charge on any atom is -0.449 e. The number of H-pyrrole nitrogens is 1. The number of esters is 1. The Bertz CT molecular complexity index is 1500. The summed E-state index contributed by atoms with van der Waals surface area (Å²) < 4.78 is 32.5. The molecule has 12 heteroatoms. The third-order valence-electron chi connectivity index (χ3n) is 5.40. The second-order valence-corrected chi connectivity index (χ2v) is 9.79. The average Bonchev–Trinajstić information content (AvgIpc) is 3.22. The highest BCUT2D eigenvalue weighted by Gasteiger charge is 2.20. The normalized spacial score (nSPS) is 12.0. The van der Waals surface area contributed by atoms with E-state index in [0.717, 1.165) is 17.0 Å². The fraction of sp³-hybridized carbons (Fsp3) is 0.160. The van der Waals surface area contributed by atoms with Gasteiger partial charge in [0.1, 0.15) is 5.82 Å². The first-order valence-electron chi connectivity index (χ1n) is 11.2. The third kappa shape index (κ3) is 6.16. The van der Waals surface area contributed by atoms with E-state index in [2.05, 4.69) is 30.0 Å². The molecule has 0 saturated heterocycles. The van der Waals surface area contributed by atoms with E-state index in [-0.39, 0.29) is 16.4 Å². The first-order chi connectivity index (χ1) is 17.6. The van der Waals surface area contributed by atoms with Crippen molar-refractivity contribution in [1.29, 1.82) is 0 Å². The molecule has 1 unspecified atom stereocenters. The predicted octanol–water partition coefficient (Wildman–Crippen LogP) is 3.47. The summed E-state index contributed by atoms with van der Waals surface area (Å²) >= 11 is 0. The Hall–Kier alpha value is -4.58. The first-order valence-corrected chi connectivity index (χ1v) is 12.7. The van der Waals surface area contributed by atoms with Crippen LogP contribution in [0.3, 0.4) is 0 Å². The van der Waals surface area contributed by atoms with Crippen LogP contribution in [-0.4, -0.2) is 46.3 Å². The number of rotatable bonds is 8. The molecule has 3 N–H and O–H groups in total. The van der Waals surface area contributed by atoms with Crippen LogP contribution in [0.15, 0.2) is 71.9 Å². The van der Waals surface area contributed by atoms with E-state index in [0.29, 0.717) is 11.5 Å². The van der Waals surface area contributed by atoms with Crippen LogP contribution < -0.4 is 10.0 Å². The maximum atomic E-state index is 12.5. The van der Waals surface area contributed by atoms with Crippen LogP contribution in [0.4, 0.5) is 11.6 Å². The van der Waals surface area contributed by atoms with Crippen LogP contribution in [0, 0.1) is 13.8 Å². The molecule has 2 heterocycles. The standard InChI is InChI=1S/C25H24N6O5S/c1-15-16(2)29-22(28-15)18-5-7-19(8-6-18)24(33)36-17(3)23(32)30-20-9-11-21(12-10-20)37(34,35)31-25-26-13-4-14-27-25/h4-14,17H,1-3H3,(H,28,29)(H,30,32)(H,26,27,31). The number of nitrogens with zero attached hydrogens (tertiary/aromatic N) is 3. The summed E-state index contributed by atoms with van der Waals surface area (Å²) in [6.45, 7) is 5.28. The molecule has 1 atom stereocenters. The third-order valence-corrected chi connectivity index (χ3v) is 6.74. The van der Waals surface area contributed by atoms with E-state index < -0.39 is 28.0 Å². The van der Waals surface area contributed by atoms with Crippen molar-refractivity contribution in [3.8, 4) is 11.4 Å². The van der Waals surface area contributed by atoms with Crippen molar-refractivity contribution in [3.05, 3.63) is 83.9 Å². The molecule has 4 aromatic rings. The minimum atomic E-state index is -3.91. The number of aromatic nitrogens is 4. The molecule has 0 fully saturated rings. The van der Waals surface area contributed by atoms with Gasteiger partial charge in [0, 0.05) is 29.3 Å². The molecule has 0 aliphatic carbocycles. The van der Waals surface area contributed by atoms with Crippen LogP contribution in [0.1, 0.15) is 28.7 Å². The van der Waals surface area contributed by atoms with Crippen LogP contribution in [-0.2, 0) is 19.6 Å². The molecule has 2 aromatic carbocycles. The monoisotopic (exact) mass is 520 g/mol. The van der Waals surface area contributed by atoms with Crippen LogP contribution in [0.2, 0.25) is 0 Å². The van der Waals surface area contributed by atoms with Gasteiger partial charge >= 0.3 is 5.97 Å².